The summed E-state index contributed by atoms with van der Waals surface area (Å²) in [6, 6.07) is 8.46. The van der Waals surface area contributed by atoms with Crippen LogP contribution in [0.25, 0.3) is 0 Å². The largest absolute Gasteiger partial charge is 0.325 e. The van der Waals surface area contributed by atoms with Crippen LogP contribution in [0.15, 0.2) is 30.6 Å². The highest BCUT2D eigenvalue weighted by molar-refractivity contribution is 6.30. The molecule has 2 heterocycles. The zero-order valence-corrected chi connectivity index (χ0v) is 11.9. The van der Waals surface area contributed by atoms with Gasteiger partial charge in [-0.15, -0.1) is 0 Å². The summed E-state index contributed by atoms with van der Waals surface area (Å²) in [5.41, 5.74) is 3.63. The second-order valence-corrected chi connectivity index (χ2v) is 5.44. The van der Waals surface area contributed by atoms with Crippen LogP contribution < -0.4 is 4.90 Å². The van der Waals surface area contributed by atoms with E-state index in [0.29, 0.717) is 11.1 Å². The average molecular weight is 274 g/mol. The Bertz CT molecular complexity index is 610. The number of rotatable bonds is 2. The van der Waals surface area contributed by atoms with E-state index in [9.17, 15) is 0 Å². The highest BCUT2D eigenvalue weighted by Crippen LogP contribution is 2.38. The van der Waals surface area contributed by atoms with Gasteiger partial charge in [0.25, 0.3) is 0 Å². The molecule has 0 spiro atoms. The third-order valence-corrected chi connectivity index (χ3v) is 3.84. The highest BCUT2D eigenvalue weighted by Gasteiger charge is 2.25. The number of para-hydroxylation sites is 1. The predicted octanol–water partition coefficient (Wildman–Crippen LogP) is 3.95. The van der Waals surface area contributed by atoms with Gasteiger partial charge in [-0.2, -0.15) is 0 Å². The van der Waals surface area contributed by atoms with Crippen molar-refractivity contribution in [1.29, 1.82) is 0 Å². The summed E-state index contributed by atoms with van der Waals surface area (Å²) in [4.78, 5) is 10.8. The monoisotopic (exact) mass is 273 g/mol. The Morgan fingerprint density at radius 2 is 2.00 bits per heavy atom. The number of anilines is 2. The Morgan fingerprint density at radius 1 is 1.21 bits per heavy atom. The normalized spacial score (nSPS) is 14.0. The zero-order chi connectivity index (χ0) is 13.4. The van der Waals surface area contributed by atoms with Crippen molar-refractivity contribution in [2.45, 2.75) is 26.2 Å². The van der Waals surface area contributed by atoms with E-state index in [-0.39, 0.29) is 0 Å². The van der Waals surface area contributed by atoms with Gasteiger partial charge < -0.3 is 4.90 Å². The van der Waals surface area contributed by atoms with Crippen LogP contribution in [0.2, 0.25) is 5.15 Å². The average Bonchev–Trinajstić information content (AvgIpc) is 2.81. The second kappa shape index (κ2) is 4.82. The number of aromatic nitrogens is 2. The van der Waals surface area contributed by atoms with Gasteiger partial charge in [0.15, 0.2) is 0 Å². The summed E-state index contributed by atoms with van der Waals surface area (Å²) in [7, 11) is 0. The molecule has 1 aliphatic rings. The maximum absolute atomic E-state index is 6.25. The predicted molar refractivity (Wildman–Crippen MR) is 78.3 cm³/mol. The molecule has 0 aliphatic carbocycles. The van der Waals surface area contributed by atoms with Crippen LogP contribution in [0.5, 0.6) is 0 Å². The lowest BCUT2D eigenvalue weighted by Crippen LogP contribution is -2.18. The molecule has 98 valence electrons. The molecule has 0 atom stereocenters. The Labute approximate surface area is 118 Å². The van der Waals surface area contributed by atoms with Crippen molar-refractivity contribution < 1.29 is 0 Å². The summed E-state index contributed by atoms with van der Waals surface area (Å²) in [6.07, 6.45) is 2.60. The van der Waals surface area contributed by atoms with E-state index in [1.165, 1.54) is 11.3 Å². The fourth-order valence-corrected chi connectivity index (χ4v) is 2.98. The minimum Gasteiger partial charge on any atom is -0.325 e. The molecule has 0 fully saturated rings. The molecule has 1 aliphatic heterocycles. The lowest BCUT2D eigenvalue weighted by atomic mass is 10.1. The number of fused-ring (bicyclic) bond motifs is 1. The van der Waals surface area contributed by atoms with E-state index in [4.69, 9.17) is 11.6 Å². The molecule has 2 aromatic rings. The summed E-state index contributed by atoms with van der Waals surface area (Å²) in [5.74, 6) is 1.25. The van der Waals surface area contributed by atoms with Gasteiger partial charge in [0.05, 0.1) is 0 Å². The van der Waals surface area contributed by atoms with E-state index < -0.39 is 0 Å². The number of benzene rings is 1. The Hall–Kier alpha value is -1.61. The van der Waals surface area contributed by atoms with Crippen LogP contribution in [0, 0.1) is 0 Å². The standard InChI is InChI=1S/C15H16ClN3/c1-10(2)13-14(16)17-9-18-15(13)19-8-7-11-5-3-4-6-12(11)19/h3-6,9-10H,7-8H2,1-2H3. The van der Waals surface area contributed by atoms with Crippen molar-refractivity contribution in [3.8, 4) is 0 Å². The van der Waals surface area contributed by atoms with Crippen molar-refractivity contribution in [3.05, 3.63) is 46.9 Å². The summed E-state index contributed by atoms with van der Waals surface area (Å²) in [6.45, 7) is 5.19. The fourth-order valence-electron chi connectivity index (χ4n) is 2.64. The van der Waals surface area contributed by atoms with E-state index >= 15 is 0 Å². The molecule has 1 aromatic carbocycles. The van der Waals surface area contributed by atoms with Crippen LogP contribution in [-0.4, -0.2) is 16.5 Å². The van der Waals surface area contributed by atoms with Gasteiger partial charge in [-0.3, -0.25) is 0 Å². The molecule has 3 rings (SSSR count). The third kappa shape index (κ3) is 2.08. The van der Waals surface area contributed by atoms with Gasteiger partial charge in [-0.25, -0.2) is 9.97 Å². The van der Waals surface area contributed by atoms with Gasteiger partial charge in [-0.05, 0) is 24.0 Å². The Kier molecular flexibility index (Phi) is 3.15. The highest BCUT2D eigenvalue weighted by atomic mass is 35.5. The van der Waals surface area contributed by atoms with Crippen LogP contribution in [0.3, 0.4) is 0 Å². The smallest absolute Gasteiger partial charge is 0.141 e. The van der Waals surface area contributed by atoms with Gasteiger partial charge in [0, 0.05) is 17.8 Å². The van der Waals surface area contributed by atoms with Crippen LogP contribution in [0.4, 0.5) is 11.5 Å². The SMILES string of the molecule is CC(C)c1c(Cl)ncnc1N1CCc2ccccc21. The lowest BCUT2D eigenvalue weighted by Gasteiger charge is -2.23. The van der Waals surface area contributed by atoms with Gasteiger partial charge in [0.2, 0.25) is 0 Å². The quantitative estimate of drug-likeness (QED) is 0.776. The number of hydrogen-bond acceptors (Lipinski definition) is 3. The molecule has 3 nitrogen and oxygen atoms in total. The number of nitrogens with zero attached hydrogens (tertiary/aromatic N) is 3. The molecule has 0 N–H and O–H groups in total. The topological polar surface area (TPSA) is 29.0 Å². The molecule has 0 bridgehead atoms. The third-order valence-electron chi connectivity index (χ3n) is 3.53. The van der Waals surface area contributed by atoms with E-state index in [1.807, 2.05) is 0 Å². The lowest BCUT2D eigenvalue weighted by molar-refractivity contribution is 0.830. The molecule has 0 saturated carbocycles. The van der Waals surface area contributed by atoms with E-state index in [0.717, 1.165) is 24.3 Å². The zero-order valence-electron chi connectivity index (χ0n) is 11.1. The van der Waals surface area contributed by atoms with Crippen molar-refractivity contribution in [2.24, 2.45) is 0 Å². The molecular formula is C15H16ClN3. The van der Waals surface area contributed by atoms with E-state index in [1.54, 1.807) is 6.33 Å². The Balaban J connectivity index is 2.12. The van der Waals surface area contributed by atoms with Crippen LogP contribution >= 0.6 is 11.6 Å². The van der Waals surface area contributed by atoms with Gasteiger partial charge >= 0.3 is 0 Å². The van der Waals surface area contributed by atoms with Crippen molar-refractivity contribution in [1.82, 2.24) is 9.97 Å². The summed E-state index contributed by atoms with van der Waals surface area (Å²) >= 11 is 6.25. The fraction of sp³-hybridized carbons (Fsp3) is 0.333. The molecule has 1 aromatic heterocycles. The molecule has 19 heavy (non-hydrogen) atoms. The second-order valence-electron chi connectivity index (χ2n) is 5.09. The molecule has 0 unspecified atom stereocenters. The van der Waals surface area contributed by atoms with Gasteiger partial charge in [-0.1, -0.05) is 43.6 Å². The van der Waals surface area contributed by atoms with Crippen molar-refractivity contribution >= 4 is 23.1 Å². The van der Waals surface area contributed by atoms with Crippen LogP contribution in [-0.2, 0) is 6.42 Å². The summed E-state index contributed by atoms with van der Waals surface area (Å²) < 4.78 is 0. The van der Waals surface area contributed by atoms with Crippen LogP contribution in [0.1, 0.15) is 30.9 Å². The molecular weight excluding hydrogens is 258 g/mol. The maximum atomic E-state index is 6.25. The van der Waals surface area contributed by atoms with Gasteiger partial charge in [0.1, 0.15) is 17.3 Å². The molecule has 4 heteroatoms. The minimum atomic E-state index is 0.302. The van der Waals surface area contributed by atoms with Crippen molar-refractivity contribution in [3.63, 3.8) is 0 Å². The summed E-state index contributed by atoms with van der Waals surface area (Å²) in [5, 5.41) is 0.560. The first-order valence-electron chi connectivity index (χ1n) is 6.54. The molecule has 0 radical (unpaired) electrons. The first kappa shape index (κ1) is 12.4. The maximum Gasteiger partial charge on any atom is 0.141 e. The first-order valence-corrected chi connectivity index (χ1v) is 6.92. The van der Waals surface area contributed by atoms with E-state index in [2.05, 4.69) is 53.0 Å². The first-order chi connectivity index (χ1) is 9.18. The molecule has 0 amide bonds. The molecule has 0 saturated heterocycles. The Morgan fingerprint density at radius 3 is 2.79 bits per heavy atom. The number of halogens is 1. The minimum absolute atomic E-state index is 0.302. The number of hydrogen-bond donors (Lipinski definition) is 0. The van der Waals surface area contributed by atoms with Crippen molar-refractivity contribution in [2.75, 3.05) is 11.4 Å².